The fourth-order valence-corrected chi connectivity index (χ4v) is 3.08. The third-order valence-electron chi connectivity index (χ3n) is 4.23. The van der Waals surface area contributed by atoms with Gasteiger partial charge < -0.3 is 5.11 Å². The maximum absolute atomic E-state index is 13.5. The number of hydrogen-bond acceptors (Lipinski definition) is 5. The SMILES string of the molecule is O=C(O)c1ccn(N2CCCCC2C(=O)C(n2cccn2)C(F)(F)F)n1. The Labute approximate surface area is 145 Å². The van der Waals surface area contributed by atoms with Gasteiger partial charge in [0.25, 0.3) is 0 Å². The Morgan fingerprint density at radius 2 is 2.04 bits per heavy atom. The Bertz CT molecular complexity index is 787. The Balaban J connectivity index is 1.92. The minimum absolute atomic E-state index is 0.217. The average Bonchev–Trinajstić information content (AvgIpc) is 3.25. The molecule has 1 saturated heterocycles. The smallest absolute Gasteiger partial charge is 0.418 e. The third kappa shape index (κ3) is 3.41. The fourth-order valence-electron chi connectivity index (χ4n) is 3.08. The van der Waals surface area contributed by atoms with E-state index in [2.05, 4.69) is 10.2 Å². The van der Waals surface area contributed by atoms with Crippen LogP contribution in [0.5, 0.6) is 0 Å². The molecular formula is C15H16F3N5O3. The standard InChI is InChI=1S/C15H16F3N5O3/c16-15(17,18)13(21-7-3-6-19-21)12(24)11-4-1-2-8-22(11)23-9-5-10(20-23)14(25)26/h3,5-7,9,11,13H,1-2,4,8H2,(H,25,26). The zero-order valence-electron chi connectivity index (χ0n) is 13.5. The van der Waals surface area contributed by atoms with Gasteiger partial charge in [0.2, 0.25) is 6.04 Å². The molecule has 2 aromatic rings. The van der Waals surface area contributed by atoms with Gasteiger partial charge in [-0.15, -0.1) is 5.10 Å². The second kappa shape index (κ2) is 6.81. The molecule has 0 radical (unpaired) electrons. The van der Waals surface area contributed by atoms with E-state index in [9.17, 15) is 22.8 Å². The first-order valence-corrected chi connectivity index (χ1v) is 7.94. The summed E-state index contributed by atoms with van der Waals surface area (Å²) in [6, 6.07) is -0.941. The van der Waals surface area contributed by atoms with E-state index in [0.717, 1.165) is 11.0 Å². The van der Waals surface area contributed by atoms with E-state index in [-0.39, 0.29) is 12.1 Å². The second-order valence-corrected chi connectivity index (χ2v) is 5.93. The van der Waals surface area contributed by atoms with Crippen LogP contribution in [0.2, 0.25) is 0 Å². The lowest BCUT2D eigenvalue weighted by molar-refractivity contribution is -0.179. The number of halogens is 3. The highest BCUT2D eigenvalue weighted by atomic mass is 19.4. The Morgan fingerprint density at radius 3 is 2.62 bits per heavy atom. The quantitative estimate of drug-likeness (QED) is 0.859. The summed E-state index contributed by atoms with van der Waals surface area (Å²) in [6.45, 7) is 0.292. The molecule has 0 saturated carbocycles. The average molecular weight is 371 g/mol. The molecule has 0 spiro atoms. The molecule has 11 heteroatoms. The lowest BCUT2D eigenvalue weighted by Gasteiger charge is -2.37. The van der Waals surface area contributed by atoms with E-state index in [0.29, 0.717) is 24.1 Å². The number of Topliss-reactive ketones (excluding diaryl/α,β-unsaturated/α-hetero) is 1. The fraction of sp³-hybridized carbons (Fsp3) is 0.467. The second-order valence-electron chi connectivity index (χ2n) is 5.93. The molecule has 1 N–H and O–H groups in total. The first-order chi connectivity index (χ1) is 12.3. The van der Waals surface area contributed by atoms with Crippen LogP contribution in [0.4, 0.5) is 13.2 Å². The number of carbonyl (C=O) groups is 2. The van der Waals surface area contributed by atoms with Crippen LogP contribution >= 0.6 is 0 Å². The van der Waals surface area contributed by atoms with Crippen molar-refractivity contribution in [3.8, 4) is 0 Å². The van der Waals surface area contributed by atoms with Gasteiger partial charge in [-0.05, 0) is 31.4 Å². The van der Waals surface area contributed by atoms with Gasteiger partial charge in [-0.1, -0.05) is 0 Å². The van der Waals surface area contributed by atoms with Gasteiger partial charge in [0.1, 0.15) is 6.04 Å². The van der Waals surface area contributed by atoms with Gasteiger partial charge in [-0.2, -0.15) is 23.1 Å². The summed E-state index contributed by atoms with van der Waals surface area (Å²) < 4.78 is 41.2. The van der Waals surface area contributed by atoms with Crippen LogP contribution in [0.3, 0.4) is 0 Å². The first-order valence-electron chi connectivity index (χ1n) is 7.94. The lowest BCUT2D eigenvalue weighted by atomic mass is 9.95. The molecule has 3 rings (SSSR count). The maximum Gasteiger partial charge on any atom is 0.418 e. The van der Waals surface area contributed by atoms with Crippen LogP contribution < -0.4 is 5.01 Å². The van der Waals surface area contributed by atoms with Gasteiger partial charge in [-0.25, -0.2) is 4.79 Å². The van der Waals surface area contributed by atoms with Crippen molar-refractivity contribution >= 4 is 11.8 Å². The number of aromatic nitrogens is 4. The zero-order valence-corrected chi connectivity index (χ0v) is 13.5. The van der Waals surface area contributed by atoms with Crippen LogP contribution in [-0.4, -0.2) is 55.3 Å². The molecule has 2 atom stereocenters. The minimum atomic E-state index is -4.80. The van der Waals surface area contributed by atoms with Crippen molar-refractivity contribution in [2.24, 2.45) is 0 Å². The molecule has 1 aliphatic rings. The Morgan fingerprint density at radius 1 is 1.27 bits per heavy atom. The van der Waals surface area contributed by atoms with Gasteiger partial charge in [0.15, 0.2) is 11.5 Å². The van der Waals surface area contributed by atoms with Crippen molar-refractivity contribution in [3.05, 3.63) is 36.4 Å². The maximum atomic E-state index is 13.5. The van der Waals surface area contributed by atoms with Crippen LogP contribution in [0.1, 0.15) is 35.8 Å². The number of hydrogen-bond donors (Lipinski definition) is 1. The van der Waals surface area contributed by atoms with E-state index in [4.69, 9.17) is 5.11 Å². The summed E-state index contributed by atoms with van der Waals surface area (Å²) in [5, 5.41) is 17.8. The summed E-state index contributed by atoms with van der Waals surface area (Å²) in [7, 11) is 0. The summed E-state index contributed by atoms with van der Waals surface area (Å²) in [6.07, 6.45) is 0.258. The molecule has 3 heterocycles. The minimum Gasteiger partial charge on any atom is -0.476 e. The Hall–Kier alpha value is -2.85. The van der Waals surface area contributed by atoms with Crippen molar-refractivity contribution in [2.75, 3.05) is 11.6 Å². The van der Waals surface area contributed by atoms with Crippen LogP contribution in [0, 0.1) is 0 Å². The largest absolute Gasteiger partial charge is 0.476 e. The number of aromatic carboxylic acids is 1. The van der Waals surface area contributed by atoms with E-state index in [1.165, 1.54) is 29.5 Å². The molecule has 0 aromatic carbocycles. The lowest BCUT2D eigenvalue weighted by Crippen LogP contribution is -2.55. The van der Waals surface area contributed by atoms with E-state index >= 15 is 0 Å². The molecular weight excluding hydrogens is 355 g/mol. The molecule has 0 aliphatic carbocycles. The monoisotopic (exact) mass is 371 g/mol. The number of carboxylic acids is 1. The highest BCUT2D eigenvalue weighted by molar-refractivity contribution is 5.90. The number of carboxylic acid groups (broad SMARTS) is 1. The van der Waals surface area contributed by atoms with E-state index in [1.54, 1.807) is 0 Å². The zero-order chi connectivity index (χ0) is 18.9. The van der Waals surface area contributed by atoms with Crippen molar-refractivity contribution in [1.29, 1.82) is 0 Å². The highest BCUT2D eigenvalue weighted by Crippen LogP contribution is 2.34. The Kier molecular flexibility index (Phi) is 4.70. The third-order valence-corrected chi connectivity index (χ3v) is 4.23. The molecule has 0 bridgehead atoms. The van der Waals surface area contributed by atoms with Crippen LogP contribution in [-0.2, 0) is 4.79 Å². The molecule has 2 unspecified atom stereocenters. The van der Waals surface area contributed by atoms with Gasteiger partial charge in [0, 0.05) is 25.1 Å². The van der Waals surface area contributed by atoms with Gasteiger partial charge >= 0.3 is 12.1 Å². The number of carbonyl (C=O) groups excluding carboxylic acids is 1. The number of nitrogens with zero attached hydrogens (tertiary/aromatic N) is 5. The van der Waals surface area contributed by atoms with Crippen molar-refractivity contribution in [1.82, 2.24) is 19.7 Å². The molecule has 1 aliphatic heterocycles. The molecule has 1 fully saturated rings. The van der Waals surface area contributed by atoms with Crippen molar-refractivity contribution in [2.45, 2.75) is 37.5 Å². The number of rotatable bonds is 5. The van der Waals surface area contributed by atoms with Gasteiger partial charge in [0.05, 0.1) is 0 Å². The summed E-state index contributed by atoms with van der Waals surface area (Å²) >= 11 is 0. The predicted molar refractivity (Wildman–Crippen MR) is 82.2 cm³/mol. The summed E-state index contributed by atoms with van der Waals surface area (Å²) in [5.74, 6) is -2.30. The normalized spacial score (nSPS) is 19.3. The predicted octanol–water partition coefficient (Wildman–Crippen LogP) is 1.64. The van der Waals surface area contributed by atoms with Gasteiger partial charge in [-0.3, -0.25) is 14.5 Å². The molecule has 140 valence electrons. The molecule has 8 nitrogen and oxygen atoms in total. The number of piperidine rings is 1. The van der Waals surface area contributed by atoms with Crippen LogP contribution in [0.25, 0.3) is 0 Å². The van der Waals surface area contributed by atoms with E-state index < -0.39 is 30.0 Å². The molecule has 2 aromatic heterocycles. The molecule has 0 amide bonds. The summed E-state index contributed by atoms with van der Waals surface area (Å²) in [4.78, 5) is 24.9. The topological polar surface area (TPSA) is 93.2 Å². The number of alkyl halides is 3. The molecule has 26 heavy (non-hydrogen) atoms. The van der Waals surface area contributed by atoms with E-state index in [1.807, 2.05) is 0 Å². The van der Waals surface area contributed by atoms with Crippen LogP contribution in [0.15, 0.2) is 30.7 Å². The van der Waals surface area contributed by atoms with Crippen molar-refractivity contribution in [3.63, 3.8) is 0 Å². The first kappa shape index (κ1) is 18.0. The van der Waals surface area contributed by atoms with Crippen molar-refractivity contribution < 1.29 is 27.9 Å². The summed E-state index contributed by atoms with van der Waals surface area (Å²) in [5.41, 5.74) is -0.249. The highest BCUT2D eigenvalue weighted by Gasteiger charge is 2.50. The number of ketones is 1.